The van der Waals surface area contributed by atoms with Gasteiger partial charge in [-0.25, -0.2) is 0 Å². The average molecular weight is 245 g/mol. The second-order valence-corrected chi connectivity index (χ2v) is 6.35. The van der Waals surface area contributed by atoms with Crippen molar-refractivity contribution in [2.24, 2.45) is 11.8 Å². The lowest BCUT2D eigenvalue weighted by atomic mass is 9.58. The van der Waals surface area contributed by atoms with E-state index >= 15 is 0 Å². The third-order valence-electron chi connectivity index (χ3n) is 4.34. The maximum Gasteiger partial charge on any atom is 0.00830 e. The molecule has 0 radical (unpaired) electrons. The molecule has 0 unspecified atom stereocenters. The van der Waals surface area contributed by atoms with Crippen LogP contribution in [0.4, 0.5) is 0 Å². The van der Waals surface area contributed by atoms with E-state index < -0.39 is 0 Å². The summed E-state index contributed by atoms with van der Waals surface area (Å²) in [7, 11) is 0. The van der Waals surface area contributed by atoms with E-state index in [4.69, 9.17) is 0 Å². The van der Waals surface area contributed by atoms with Crippen LogP contribution in [-0.4, -0.2) is 13.1 Å². The van der Waals surface area contributed by atoms with Crippen LogP contribution in [0.5, 0.6) is 0 Å². The van der Waals surface area contributed by atoms with Gasteiger partial charge in [-0.15, -0.1) is 0 Å². The van der Waals surface area contributed by atoms with Gasteiger partial charge >= 0.3 is 0 Å². The smallest absolute Gasteiger partial charge is 0.00830 e. The minimum Gasteiger partial charge on any atom is -0.316 e. The number of nitrogens with one attached hydrogen (secondary N) is 1. The lowest BCUT2D eigenvalue weighted by Gasteiger charge is -2.48. The van der Waals surface area contributed by atoms with Gasteiger partial charge in [-0.2, -0.15) is 0 Å². The molecular weight excluding hydrogens is 218 g/mol. The highest BCUT2D eigenvalue weighted by Crippen LogP contribution is 2.48. The van der Waals surface area contributed by atoms with Gasteiger partial charge < -0.3 is 5.32 Å². The Morgan fingerprint density at radius 1 is 1.22 bits per heavy atom. The molecule has 2 rings (SSSR count). The van der Waals surface area contributed by atoms with Crippen LogP contribution in [0.15, 0.2) is 30.3 Å². The molecule has 1 heteroatoms. The van der Waals surface area contributed by atoms with Gasteiger partial charge in [-0.1, -0.05) is 57.5 Å². The highest BCUT2D eigenvalue weighted by Gasteiger charge is 2.43. The molecule has 0 amide bonds. The molecule has 0 aliphatic heterocycles. The van der Waals surface area contributed by atoms with E-state index in [2.05, 4.69) is 56.4 Å². The van der Waals surface area contributed by atoms with Crippen molar-refractivity contribution in [2.75, 3.05) is 13.1 Å². The quantitative estimate of drug-likeness (QED) is 0.799. The van der Waals surface area contributed by atoms with Crippen molar-refractivity contribution in [1.29, 1.82) is 0 Å². The van der Waals surface area contributed by atoms with Gasteiger partial charge in [0.2, 0.25) is 0 Å². The minimum absolute atomic E-state index is 0.414. The summed E-state index contributed by atoms with van der Waals surface area (Å²) in [6.45, 7) is 9.15. The van der Waals surface area contributed by atoms with Crippen LogP contribution in [0.2, 0.25) is 0 Å². The zero-order chi connectivity index (χ0) is 13.0. The van der Waals surface area contributed by atoms with E-state index in [1.807, 2.05) is 0 Å². The van der Waals surface area contributed by atoms with Crippen LogP contribution >= 0.6 is 0 Å². The molecule has 0 aromatic heterocycles. The van der Waals surface area contributed by atoms with Crippen molar-refractivity contribution in [1.82, 2.24) is 5.32 Å². The summed E-state index contributed by atoms with van der Waals surface area (Å²) in [5.41, 5.74) is 1.95. The normalized spacial score (nSPS) is 27.2. The fraction of sp³-hybridized carbons (Fsp3) is 0.647. The van der Waals surface area contributed by atoms with Gasteiger partial charge in [0.25, 0.3) is 0 Å². The van der Waals surface area contributed by atoms with Crippen molar-refractivity contribution in [3.05, 3.63) is 35.9 Å². The fourth-order valence-corrected chi connectivity index (χ4v) is 3.21. The van der Waals surface area contributed by atoms with Gasteiger partial charge in [0.1, 0.15) is 0 Å². The Kier molecular flexibility index (Phi) is 4.45. The summed E-state index contributed by atoms with van der Waals surface area (Å²) in [6.07, 6.45) is 4.05. The molecule has 1 aliphatic rings. The molecule has 0 heterocycles. The van der Waals surface area contributed by atoms with Crippen molar-refractivity contribution in [2.45, 2.75) is 45.4 Å². The summed E-state index contributed by atoms with van der Waals surface area (Å²) < 4.78 is 0. The van der Waals surface area contributed by atoms with E-state index in [0.717, 1.165) is 24.9 Å². The first-order valence-corrected chi connectivity index (χ1v) is 7.42. The molecule has 1 aromatic rings. The Morgan fingerprint density at radius 3 is 2.44 bits per heavy atom. The molecule has 1 aliphatic carbocycles. The monoisotopic (exact) mass is 245 g/mol. The largest absolute Gasteiger partial charge is 0.316 e. The Morgan fingerprint density at radius 2 is 1.89 bits per heavy atom. The van der Waals surface area contributed by atoms with Crippen molar-refractivity contribution in [3.8, 4) is 0 Å². The second kappa shape index (κ2) is 5.88. The second-order valence-electron chi connectivity index (χ2n) is 6.35. The molecular formula is C17H27N. The Hall–Kier alpha value is -0.820. The Bertz CT molecular complexity index is 349. The van der Waals surface area contributed by atoms with Crippen LogP contribution in [0.3, 0.4) is 0 Å². The molecule has 0 bridgehead atoms. The van der Waals surface area contributed by atoms with Crippen LogP contribution in [0, 0.1) is 11.8 Å². The van der Waals surface area contributed by atoms with Crippen molar-refractivity contribution >= 4 is 0 Å². The minimum atomic E-state index is 0.414. The Balaban J connectivity index is 2.01. The van der Waals surface area contributed by atoms with Crippen LogP contribution < -0.4 is 5.32 Å². The summed E-state index contributed by atoms with van der Waals surface area (Å²) >= 11 is 0. The van der Waals surface area contributed by atoms with E-state index in [1.54, 1.807) is 0 Å². The molecule has 0 saturated heterocycles. The highest BCUT2D eigenvalue weighted by molar-refractivity contribution is 5.29. The van der Waals surface area contributed by atoms with Crippen LogP contribution in [0.1, 0.15) is 45.6 Å². The number of hydrogen-bond donors (Lipinski definition) is 1. The van der Waals surface area contributed by atoms with Crippen LogP contribution in [0.25, 0.3) is 0 Å². The highest BCUT2D eigenvalue weighted by atomic mass is 14.9. The third kappa shape index (κ3) is 2.95. The molecule has 0 spiro atoms. The summed E-state index contributed by atoms with van der Waals surface area (Å²) in [5, 5.41) is 3.67. The molecule has 100 valence electrons. The van der Waals surface area contributed by atoms with E-state index in [0.29, 0.717) is 5.41 Å². The first-order chi connectivity index (χ1) is 8.66. The first-order valence-electron chi connectivity index (χ1n) is 7.42. The topological polar surface area (TPSA) is 12.0 Å². The SMILES string of the molecule is CCC1CC(CNCC(C)C)(c2ccccc2)C1. The summed E-state index contributed by atoms with van der Waals surface area (Å²) in [5.74, 6) is 1.67. The Labute approximate surface area is 112 Å². The van der Waals surface area contributed by atoms with Crippen molar-refractivity contribution < 1.29 is 0 Å². The van der Waals surface area contributed by atoms with E-state index in [1.165, 1.54) is 24.8 Å². The first kappa shape index (κ1) is 13.6. The van der Waals surface area contributed by atoms with Crippen molar-refractivity contribution in [3.63, 3.8) is 0 Å². The lowest BCUT2D eigenvalue weighted by Crippen LogP contribution is -2.49. The van der Waals surface area contributed by atoms with Gasteiger partial charge in [0.15, 0.2) is 0 Å². The van der Waals surface area contributed by atoms with E-state index in [-0.39, 0.29) is 0 Å². The van der Waals surface area contributed by atoms with Gasteiger partial charge in [0, 0.05) is 12.0 Å². The van der Waals surface area contributed by atoms with Gasteiger partial charge in [-0.05, 0) is 36.8 Å². The summed E-state index contributed by atoms with van der Waals surface area (Å²) in [4.78, 5) is 0. The third-order valence-corrected chi connectivity index (χ3v) is 4.34. The molecule has 0 atom stereocenters. The number of benzene rings is 1. The zero-order valence-electron chi connectivity index (χ0n) is 12.1. The summed E-state index contributed by atoms with van der Waals surface area (Å²) in [6, 6.07) is 11.1. The van der Waals surface area contributed by atoms with Crippen LogP contribution in [-0.2, 0) is 5.41 Å². The van der Waals surface area contributed by atoms with Gasteiger partial charge in [-0.3, -0.25) is 0 Å². The predicted molar refractivity (Wildman–Crippen MR) is 78.8 cm³/mol. The molecule has 18 heavy (non-hydrogen) atoms. The van der Waals surface area contributed by atoms with Gasteiger partial charge in [0.05, 0.1) is 0 Å². The zero-order valence-corrected chi connectivity index (χ0v) is 12.1. The molecule has 1 nitrogen and oxygen atoms in total. The maximum absolute atomic E-state index is 3.67. The standard InChI is InChI=1S/C17H27N/c1-4-15-10-17(11-15,13-18-12-14(2)3)16-8-6-5-7-9-16/h5-9,14-15,18H,4,10-13H2,1-3H3. The maximum atomic E-state index is 3.67. The lowest BCUT2D eigenvalue weighted by molar-refractivity contribution is 0.133. The predicted octanol–water partition coefficient (Wildman–Crippen LogP) is 3.99. The fourth-order valence-electron chi connectivity index (χ4n) is 3.21. The molecule has 1 saturated carbocycles. The molecule has 1 N–H and O–H groups in total. The molecule has 1 fully saturated rings. The van der Waals surface area contributed by atoms with E-state index in [9.17, 15) is 0 Å². The average Bonchev–Trinajstić information content (AvgIpc) is 2.33. The number of hydrogen-bond acceptors (Lipinski definition) is 1. The number of rotatable bonds is 6. The molecule has 1 aromatic carbocycles.